The minimum Gasteiger partial charge on any atom is 0 e. The fourth-order valence-corrected chi connectivity index (χ4v) is 0. The number of rotatable bonds is 0. The van der Waals surface area contributed by atoms with Crippen LogP contribution < -0.4 is 0 Å². The van der Waals surface area contributed by atoms with Crippen molar-refractivity contribution in [3.8, 4) is 0 Å². The fourth-order valence-electron chi connectivity index (χ4n) is 0. The number of hydrogen-bond donors (Lipinski definition) is 0. The van der Waals surface area contributed by atoms with Gasteiger partial charge in [0.25, 0.3) is 0 Å². The zero-order valence-corrected chi connectivity index (χ0v) is 4.86. The Balaban J connectivity index is 0. The monoisotopic (exact) mass is 188 g/mol. The SMILES string of the molecule is [Fe].[MgH2].[Mn].[V]. The molecule has 0 aromatic heterocycles. The van der Waals surface area contributed by atoms with Crippen LogP contribution in [0.2, 0.25) is 0 Å². The standard InChI is InChI=1S/Fe.Mg.Mn.V.2H. The van der Waals surface area contributed by atoms with E-state index in [1.807, 2.05) is 0 Å². The largest absolute Gasteiger partial charge is 0.316 e. The van der Waals surface area contributed by atoms with E-state index in [2.05, 4.69) is 0 Å². The molecule has 0 aliphatic carbocycles. The molecule has 0 aromatic carbocycles. The molecule has 0 heterocycles. The van der Waals surface area contributed by atoms with Crippen molar-refractivity contribution in [2.45, 2.75) is 0 Å². The Hall–Kier alpha value is 2.39. The van der Waals surface area contributed by atoms with Gasteiger partial charge >= 0.3 is 23.1 Å². The third-order valence-corrected chi connectivity index (χ3v) is 0. The minimum absolute atomic E-state index is 0. The van der Waals surface area contributed by atoms with Gasteiger partial charge in [-0.1, -0.05) is 0 Å². The van der Waals surface area contributed by atoms with Crippen molar-refractivity contribution in [2.24, 2.45) is 0 Å². The van der Waals surface area contributed by atoms with Crippen LogP contribution in [0.25, 0.3) is 0 Å². The maximum Gasteiger partial charge on any atom is 0.316 e. The quantitative estimate of drug-likeness (QED) is 0.431. The molecule has 0 spiro atoms. The van der Waals surface area contributed by atoms with E-state index in [1.54, 1.807) is 0 Å². The van der Waals surface area contributed by atoms with Crippen LogP contribution in [0.1, 0.15) is 0 Å². The van der Waals surface area contributed by atoms with Gasteiger partial charge in [-0.3, -0.25) is 0 Å². The Morgan fingerprint density at radius 1 is 1.00 bits per heavy atom. The van der Waals surface area contributed by atoms with Crippen LogP contribution in [-0.2, 0) is 52.7 Å². The van der Waals surface area contributed by atoms with Crippen LogP contribution in [0.15, 0.2) is 0 Å². The summed E-state index contributed by atoms with van der Waals surface area (Å²) in [7, 11) is 0. The molecule has 24 valence electrons. The van der Waals surface area contributed by atoms with Gasteiger partial charge in [-0.25, -0.2) is 0 Å². The van der Waals surface area contributed by atoms with Crippen molar-refractivity contribution in [1.29, 1.82) is 0 Å². The second kappa shape index (κ2) is 18.2. The molecule has 0 unspecified atom stereocenters. The Labute approximate surface area is 74.8 Å². The van der Waals surface area contributed by atoms with Gasteiger partial charge in [0.05, 0.1) is 0 Å². The molecule has 2 radical (unpaired) electrons. The molecule has 0 rings (SSSR count). The molecular weight excluding hydrogens is 186 g/mol. The third kappa shape index (κ3) is 8.83. The third-order valence-electron chi connectivity index (χ3n) is 0. The van der Waals surface area contributed by atoms with Gasteiger partial charge in [0, 0.05) is 52.7 Å². The molecule has 0 aromatic rings. The van der Waals surface area contributed by atoms with Gasteiger partial charge < -0.3 is 0 Å². The fraction of sp³-hybridized carbons (Fsp3) is 0. The Morgan fingerprint density at radius 3 is 1.00 bits per heavy atom. The molecule has 4 heavy (non-hydrogen) atoms. The van der Waals surface area contributed by atoms with E-state index < -0.39 is 0 Å². The van der Waals surface area contributed by atoms with E-state index in [9.17, 15) is 0 Å². The molecule has 0 N–H and O–H groups in total. The van der Waals surface area contributed by atoms with E-state index in [-0.39, 0.29) is 75.7 Å². The average Bonchev–Trinajstić information content (AvgIpc) is 0. The predicted octanol–water partition coefficient (Wildman–Crippen LogP) is -0.924. The van der Waals surface area contributed by atoms with Crippen molar-refractivity contribution >= 4 is 23.1 Å². The molecule has 0 amide bonds. The molecule has 0 fully saturated rings. The smallest absolute Gasteiger partial charge is 0 e. The first-order chi connectivity index (χ1) is 0. The first-order valence-electron chi connectivity index (χ1n) is 0. The van der Waals surface area contributed by atoms with Crippen LogP contribution in [-0.4, -0.2) is 23.1 Å². The molecule has 0 atom stereocenters. The Bertz CT molecular complexity index is 8.00. The maximum atomic E-state index is 0. The molecule has 0 saturated heterocycles. The summed E-state index contributed by atoms with van der Waals surface area (Å²) in [5.41, 5.74) is 0. The second-order valence-corrected chi connectivity index (χ2v) is 0. The van der Waals surface area contributed by atoms with Crippen molar-refractivity contribution < 1.29 is 52.7 Å². The van der Waals surface area contributed by atoms with Gasteiger partial charge in [-0.05, 0) is 0 Å². The molecular formula is H2FeMgMnV. The Morgan fingerprint density at radius 2 is 1.00 bits per heavy atom. The van der Waals surface area contributed by atoms with Gasteiger partial charge in [0.15, 0.2) is 0 Å². The topological polar surface area (TPSA) is 0 Å². The molecule has 0 nitrogen and oxygen atoms in total. The molecule has 0 aliphatic rings. The van der Waals surface area contributed by atoms with Crippen LogP contribution in [0, 0.1) is 0 Å². The minimum atomic E-state index is 0. The predicted molar refractivity (Wildman–Crippen MR) is 8.54 cm³/mol. The van der Waals surface area contributed by atoms with E-state index >= 15 is 0 Å². The van der Waals surface area contributed by atoms with Gasteiger partial charge in [0.2, 0.25) is 0 Å². The van der Waals surface area contributed by atoms with Gasteiger partial charge in [-0.15, -0.1) is 0 Å². The van der Waals surface area contributed by atoms with E-state index in [4.69, 9.17) is 0 Å². The normalized spacial score (nSPS) is 0. The van der Waals surface area contributed by atoms with Crippen molar-refractivity contribution in [3.05, 3.63) is 0 Å². The molecule has 0 bridgehead atoms. The van der Waals surface area contributed by atoms with Crippen LogP contribution in [0.5, 0.6) is 0 Å². The molecule has 0 aliphatic heterocycles. The van der Waals surface area contributed by atoms with E-state index in [0.717, 1.165) is 0 Å². The summed E-state index contributed by atoms with van der Waals surface area (Å²) in [4.78, 5) is 0. The summed E-state index contributed by atoms with van der Waals surface area (Å²) in [6, 6.07) is 0. The zero-order valence-electron chi connectivity index (χ0n) is 1.18. The first kappa shape index (κ1) is 32.5. The van der Waals surface area contributed by atoms with Crippen molar-refractivity contribution in [1.82, 2.24) is 0 Å². The van der Waals surface area contributed by atoms with Crippen LogP contribution in [0.3, 0.4) is 0 Å². The summed E-state index contributed by atoms with van der Waals surface area (Å²) >= 11 is 0. The van der Waals surface area contributed by atoms with Crippen molar-refractivity contribution in [3.63, 3.8) is 0 Å². The van der Waals surface area contributed by atoms with Crippen LogP contribution in [0.4, 0.5) is 0 Å². The Kier molecular flexibility index (Phi) is 148. The summed E-state index contributed by atoms with van der Waals surface area (Å²) in [5.74, 6) is 0. The molecule has 4 heteroatoms. The van der Waals surface area contributed by atoms with Gasteiger partial charge in [-0.2, -0.15) is 0 Å². The number of hydrogen-bond acceptors (Lipinski definition) is 0. The summed E-state index contributed by atoms with van der Waals surface area (Å²) < 4.78 is 0. The average molecular weight is 188 g/mol. The second-order valence-electron chi connectivity index (χ2n) is 0. The van der Waals surface area contributed by atoms with E-state index in [1.165, 1.54) is 0 Å². The summed E-state index contributed by atoms with van der Waals surface area (Å²) in [6.07, 6.45) is 0. The first-order valence-corrected chi connectivity index (χ1v) is 0. The van der Waals surface area contributed by atoms with E-state index in [0.29, 0.717) is 0 Å². The van der Waals surface area contributed by atoms with Crippen LogP contribution >= 0.6 is 0 Å². The maximum absolute atomic E-state index is 0. The van der Waals surface area contributed by atoms with Gasteiger partial charge in [0.1, 0.15) is 0 Å². The van der Waals surface area contributed by atoms with Crippen molar-refractivity contribution in [2.75, 3.05) is 0 Å². The summed E-state index contributed by atoms with van der Waals surface area (Å²) in [6.45, 7) is 0. The zero-order chi connectivity index (χ0) is 0. The molecule has 0 saturated carbocycles. The summed E-state index contributed by atoms with van der Waals surface area (Å²) in [5, 5.41) is 0.